The first-order valence-corrected chi connectivity index (χ1v) is 9.70. The van der Waals surface area contributed by atoms with E-state index >= 15 is 0 Å². The van der Waals surface area contributed by atoms with Gasteiger partial charge in [0.2, 0.25) is 0 Å². The van der Waals surface area contributed by atoms with Gasteiger partial charge in [0.15, 0.2) is 0 Å². The average molecular weight is 448 g/mol. The molecule has 164 valence electrons. The lowest BCUT2D eigenvalue weighted by atomic mass is 9.94. The maximum Gasteiger partial charge on any atom is 0.295 e. The number of methoxy groups -OCH3 is 3. The number of halogens is 1. The second-order valence-electron chi connectivity index (χ2n) is 6.77. The number of phenols is 1. The van der Waals surface area contributed by atoms with Crippen molar-refractivity contribution in [1.82, 2.24) is 4.90 Å². The van der Waals surface area contributed by atoms with Crippen molar-refractivity contribution in [2.45, 2.75) is 6.04 Å². The Morgan fingerprint density at radius 1 is 1.10 bits per heavy atom. The Morgan fingerprint density at radius 3 is 2.42 bits per heavy atom. The summed E-state index contributed by atoms with van der Waals surface area (Å²) in [5.41, 5.74) is 0.435. The number of amides is 1. The number of likely N-dealkylation sites (tertiary alicyclic amines) is 1. The van der Waals surface area contributed by atoms with Crippen molar-refractivity contribution < 1.29 is 34.0 Å². The Labute approximate surface area is 184 Å². The van der Waals surface area contributed by atoms with E-state index in [1.807, 2.05) is 0 Å². The minimum atomic E-state index is -0.937. The number of benzene rings is 2. The fourth-order valence-corrected chi connectivity index (χ4v) is 3.77. The van der Waals surface area contributed by atoms with Crippen LogP contribution in [0.1, 0.15) is 17.2 Å². The summed E-state index contributed by atoms with van der Waals surface area (Å²) in [6.45, 7) is 0.290. The van der Waals surface area contributed by atoms with Crippen LogP contribution in [0.2, 0.25) is 5.02 Å². The quantitative estimate of drug-likeness (QED) is 0.381. The van der Waals surface area contributed by atoms with Crippen molar-refractivity contribution in [1.29, 1.82) is 0 Å². The van der Waals surface area contributed by atoms with Gasteiger partial charge in [-0.25, -0.2) is 0 Å². The summed E-state index contributed by atoms with van der Waals surface area (Å²) in [6.07, 6.45) is 0. The number of aliphatic hydroxyl groups excluding tert-OH is 1. The number of rotatable bonds is 7. The maximum atomic E-state index is 13.0. The molecule has 1 unspecified atom stereocenters. The SMILES string of the molecule is COCCN1C(=O)C(=O)/C(=C(/O)c2cc(Cl)c(OC)cc2OC)C1c1cccc(O)c1. The molecule has 8 nitrogen and oxygen atoms in total. The first-order valence-electron chi connectivity index (χ1n) is 9.32. The Morgan fingerprint density at radius 2 is 1.81 bits per heavy atom. The number of aromatic hydroxyl groups is 1. The zero-order chi connectivity index (χ0) is 22.7. The van der Waals surface area contributed by atoms with Gasteiger partial charge in [-0.1, -0.05) is 23.7 Å². The van der Waals surface area contributed by atoms with E-state index in [1.165, 1.54) is 50.5 Å². The number of aliphatic hydroxyl groups is 1. The molecule has 1 heterocycles. The molecule has 0 bridgehead atoms. The molecular weight excluding hydrogens is 426 g/mol. The van der Waals surface area contributed by atoms with Crippen LogP contribution in [0, 0.1) is 0 Å². The van der Waals surface area contributed by atoms with Crippen LogP contribution in [0.25, 0.3) is 5.76 Å². The first kappa shape index (κ1) is 22.5. The second-order valence-corrected chi connectivity index (χ2v) is 7.17. The third kappa shape index (κ3) is 4.17. The van der Waals surface area contributed by atoms with E-state index < -0.39 is 23.5 Å². The lowest BCUT2D eigenvalue weighted by Gasteiger charge is -2.25. The van der Waals surface area contributed by atoms with Crippen LogP contribution < -0.4 is 9.47 Å². The number of ketones is 1. The van der Waals surface area contributed by atoms with Gasteiger partial charge in [-0.3, -0.25) is 9.59 Å². The van der Waals surface area contributed by atoms with Gasteiger partial charge in [-0.05, 0) is 23.8 Å². The highest BCUT2D eigenvalue weighted by Crippen LogP contribution is 2.43. The maximum absolute atomic E-state index is 13.0. The zero-order valence-corrected chi connectivity index (χ0v) is 18.0. The number of Topliss-reactive ketones (excluding diaryl/α,β-unsaturated/α-hetero) is 1. The Bertz CT molecular complexity index is 1050. The lowest BCUT2D eigenvalue weighted by molar-refractivity contribution is -0.140. The summed E-state index contributed by atoms with van der Waals surface area (Å²) >= 11 is 6.22. The van der Waals surface area contributed by atoms with Gasteiger partial charge in [0, 0.05) is 19.7 Å². The van der Waals surface area contributed by atoms with Crippen LogP contribution in [-0.4, -0.2) is 61.3 Å². The van der Waals surface area contributed by atoms with Crippen molar-refractivity contribution in [3.8, 4) is 17.2 Å². The molecule has 0 aromatic heterocycles. The van der Waals surface area contributed by atoms with Gasteiger partial charge >= 0.3 is 0 Å². The topological polar surface area (TPSA) is 106 Å². The average Bonchev–Trinajstić information content (AvgIpc) is 3.01. The highest BCUT2D eigenvalue weighted by molar-refractivity contribution is 6.46. The molecule has 1 aliphatic rings. The molecule has 0 saturated carbocycles. The third-order valence-electron chi connectivity index (χ3n) is 4.99. The van der Waals surface area contributed by atoms with Crippen molar-refractivity contribution >= 4 is 29.1 Å². The summed E-state index contributed by atoms with van der Waals surface area (Å²) in [5, 5.41) is 21.3. The highest BCUT2D eigenvalue weighted by Gasteiger charge is 2.46. The van der Waals surface area contributed by atoms with Gasteiger partial charge in [0.1, 0.15) is 23.0 Å². The van der Waals surface area contributed by atoms with Gasteiger partial charge in [-0.2, -0.15) is 0 Å². The highest BCUT2D eigenvalue weighted by atomic mass is 35.5. The predicted molar refractivity (Wildman–Crippen MR) is 114 cm³/mol. The van der Waals surface area contributed by atoms with Crippen molar-refractivity contribution in [2.24, 2.45) is 0 Å². The number of hydrogen-bond acceptors (Lipinski definition) is 7. The van der Waals surface area contributed by atoms with E-state index in [4.69, 9.17) is 25.8 Å². The fourth-order valence-electron chi connectivity index (χ4n) is 3.53. The molecule has 31 heavy (non-hydrogen) atoms. The molecule has 1 amide bonds. The smallest absolute Gasteiger partial charge is 0.295 e. The van der Waals surface area contributed by atoms with Crippen molar-refractivity contribution in [3.63, 3.8) is 0 Å². The third-order valence-corrected chi connectivity index (χ3v) is 5.29. The van der Waals surface area contributed by atoms with Gasteiger partial charge in [0.25, 0.3) is 11.7 Å². The summed E-state index contributed by atoms with van der Waals surface area (Å²) in [5.74, 6) is -1.62. The van der Waals surface area contributed by atoms with Crippen molar-refractivity contribution in [2.75, 3.05) is 34.5 Å². The second kappa shape index (κ2) is 9.28. The molecular formula is C22H22ClNO7. The minimum Gasteiger partial charge on any atom is -0.508 e. The normalized spacial score (nSPS) is 17.8. The van der Waals surface area contributed by atoms with Crippen LogP contribution in [0.5, 0.6) is 17.2 Å². The molecule has 2 N–H and O–H groups in total. The first-order chi connectivity index (χ1) is 14.8. The number of hydrogen-bond donors (Lipinski definition) is 2. The van der Waals surface area contributed by atoms with E-state index in [1.54, 1.807) is 12.1 Å². The number of phenolic OH excluding ortho intramolecular Hbond substituents is 1. The number of carbonyl (C=O) groups is 2. The van der Waals surface area contributed by atoms with E-state index in [0.717, 1.165) is 0 Å². The Kier molecular flexibility index (Phi) is 6.72. The summed E-state index contributed by atoms with van der Waals surface area (Å²) in [4.78, 5) is 27.0. The molecule has 1 aliphatic heterocycles. The molecule has 3 rings (SSSR count). The van der Waals surface area contributed by atoms with E-state index in [2.05, 4.69) is 0 Å². The molecule has 1 fully saturated rings. The molecule has 0 radical (unpaired) electrons. The standard InChI is InChI=1S/C22H22ClNO7/c1-29-8-7-24-19(12-5-4-6-13(25)9-12)18(21(27)22(24)28)20(26)14-10-15(23)17(31-3)11-16(14)30-2/h4-6,9-11,19,25-26H,7-8H2,1-3H3/b20-18+. The van der Waals surface area contributed by atoms with Gasteiger partial charge in [0.05, 0.1) is 43.0 Å². The molecule has 1 saturated heterocycles. The molecule has 2 aromatic rings. The minimum absolute atomic E-state index is 0.0418. The molecule has 0 aliphatic carbocycles. The van der Waals surface area contributed by atoms with Crippen molar-refractivity contribution in [3.05, 3.63) is 58.1 Å². The largest absolute Gasteiger partial charge is 0.508 e. The zero-order valence-electron chi connectivity index (χ0n) is 17.2. The van der Waals surface area contributed by atoms with Crippen LogP contribution in [0.15, 0.2) is 42.0 Å². The number of carbonyl (C=O) groups excluding carboxylic acids is 2. The number of nitrogens with zero attached hydrogens (tertiary/aromatic N) is 1. The predicted octanol–water partition coefficient (Wildman–Crippen LogP) is 3.13. The molecule has 9 heteroatoms. The van der Waals surface area contributed by atoms with E-state index in [-0.39, 0.29) is 40.8 Å². The Balaban J connectivity index is 2.25. The summed E-state index contributed by atoms with van der Waals surface area (Å²) < 4.78 is 15.6. The monoisotopic (exact) mass is 447 g/mol. The van der Waals surface area contributed by atoms with Crippen LogP contribution >= 0.6 is 11.6 Å². The number of ether oxygens (including phenoxy) is 3. The molecule has 2 aromatic carbocycles. The van der Waals surface area contributed by atoms with E-state index in [9.17, 15) is 19.8 Å². The van der Waals surface area contributed by atoms with Crippen LogP contribution in [0.3, 0.4) is 0 Å². The fraction of sp³-hybridized carbons (Fsp3) is 0.273. The van der Waals surface area contributed by atoms with Crippen LogP contribution in [0.4, 0.5) is 0 Å². The van der Waals surface area contributed by atoms with Gasteiger partial charge in [-0.15, -0.1) is 0 Å². The molecule has 0 spiro atoms. The van der Waals surface area contributed by atoms with E-state index in [0.29, 0.717) is 11.3 Å². The molecule has 1 atom stereocenters. The summed E-state index contributed by atoms with van der Waals surface area (Å²) in [7, 11) is 4.30. The Hall–Kier alpha value is -3.23. The van der Waals surface area contributed by atoms with Crippen LogP contribution in [-0.2, 0) is 14.3 Å². The lowest BCUT2D eigenvalue weighted by Crippen LogP contribution is -2.32. The van der Waals surface area contributed by atoms with Gasteiger partial charge < -0.3 is 29.3 Å². The summed E-state index contributed by atoms with van der Waals surface area (Å²) in [6, 6.07) is 8.08.